The van der Waals surface area contributed by atoms with Gasteiger partial charge in [-0.2, -0.15) is 0 Å². The van der Waals surface area contributed by atoms with Gasteiger partial charge in [0.15, 0.2) is 0 Å². The van der Waals surface area contributed by atoms with Crippen molar-refractivity contribution in [1.82, 2.24) is 0 Å². The Balaban J connectivity index is 0. The maximum absolute atomic E-state index is 2.37. The predicted octanol–water partition coefficient (Wildman–Crippen LogP) is 2.25. The van der Waals surface area contributed by atoms with Crippen LogP contribution in [0.3, 0.4) is 0 Å². The molecular weight excluding hydrogens is 345 g/mol. The van der Waals surface area contributed by atoms with Gasteiger partial charge in [0.1, 0.15) is 0 Å². The maximum atomic E-state index is 2.37. The van der Waals surface area contributed by atoms with Crippen LogP contribution < -0.4 is 24.0 Å². The Labute approximate surface area is 140 Å². The second-order valence-electron chi connectivity index (χ2n) is 6.48. The Bertz CT molecular complexity index is 158. The standard InChI is InChI=1S/C17H38N.HI/c1-6-9-13-18(14-10-7-2,15-11-8-3)16-12-17(4)5;/h17H,6-16H2,1-5H3;1H/q+1;/p-1. The highest BCUT2D eigenvalue weighted by atomic mass is 127. The van der Waals surface area contributed by atoms with Crippen LogP contribution in [0, 0.1) is 5.92 Å². The molecule has 0 amide bonds. The van der Waals surface area contributed by atoms with Crippen LogP contribution in [0.5, 0.6) is 0 Å². The van der Waals surface area contributed by atoms with Crippen LogP contribution in [0.15, 0.2) is 0 Å². The van der Waals surface area contributed by atoms with E-state index in [0.717, 1.165) is 5.92 Å². The van der Waals surface area contributed by atoms with Gasteiger partial charge >= 0.3 is 0 Å². The number of hydrogen-bond donors (Lipinski definition) is 0. The van der Waals surface area contributed by atoms with E-state index in [0.29, 0.717) is 0 Å². The van der Waals surface area contributed by atoms with Gasteiger partial charge in [-0.1, -0.05) is 53.9 Å². The zero-order valence-electron chi connectivity index (χ0n) is 14.2. The summed E-state index contributed by atoms with van der Waals surface area (Å²) in [6.07, 6.45) is 9.67. The molecule has 0 N–H and O–H groups in total. The third kappa shape index (κ3) is 11.1. The lowest BCUT2D eigenvalue weighted by Gasteiger charge is -2.40. The first kappa shape index (κ1) is 22.0. The van der Waals surface area contributed by atoms with Gasteiger partial charge in [0.2, 0.25) is 0 Å². The molecule has 0 heterocycles. The van der Waals surface area contributed by atoms with Gasteiger partial charge in [0.25, 0.3) is 0 Å². The van der Waals surface area contributed by atoms with E-state index in [9.17, 15) is 0 Å². The number of rotatable bonds is 12. The fourth-order valence-corrected chi connectivity index (χ4v) is 2.68. The fourth-order valence-electron chi connectivity index (χ4n) is 2.68. The fraction of sp³-hybridized carbons (Fsp3) is 1.00. The second kappa shape index (κ2) is 13.7. The lowest BCUT2D eigenvalue weighted by molar-refractivity contribution is -0.929. The lowest BCUT2D eigenvalue weighted by atomic mass is 10.1. The molecule has 0 aliphatic heterocycles. The highest BCUT2D eigenvalue weighted by Gasteiger charge is 2.25. The summed E-state index contributed by atoms with van der Waals surface area (Å²) in [6, 6.07) is 0. The molecule has 19 heavy (non-hydrogen) atoms. The second-order valence-corrected chi connectivity index (χ2v) is 6.48. The minimum Gasteiger partial charge on any atom is -1.00 e. The van der Waals surface area contributed by atoms with Crippen molar-refractivity contribution in [1.29, 1.82) is 0 Å². The molecule has 118 valence electrons. The first-order valence-electron chi connectivity index (χ1n) is 8.45. The number of hydrogen-bond acceptors (Lipinski definition) is 0. The first-order valence-corrected chi connectivity index (χ1v) is 8.45. The van der Waals surface area contributed by atoms with Crippen molar-refractivity contribution in [2.45, 2.75) is 79.6 Å². The Morgan fingerprint density at radius 3 is 1.32 bits per heavy atom. The van der Waals surface area contributed by atoms with E-state index in [1.807, 2.05) is 0 Å². The summed E-state index contributed by atoms with van der Waals surface area (Å²) in [5, 5.41) is 0. The third-order valence-corrected chi connectivity index (χ3v) is 4.14. The molecule has 0 bridgehead atoms. The average molecular weight is 383 g/mol. The van der Waals surface area contributed by atoms with Crippen LogP contribution in [0.4, 0.5) is 0 Å². The number of nitrogens with zero attached hydrogens (tertiary/aromatic N) is 1. The number of unbranched alkanes of at least 4 members (excludes halogenated alkanes) is 3. The molecule has 0 atom stereocenters. The molecule has 0 saturated carbocycles. The largest absolute Gasteiger partial charge is 1.00 e. The van der Waals surface area contributed by atoms with E-state index in [2.05, 4.69) is 34.6 Å². The smallest absolute Gasteiger partial charge is 0.0789 e. The molecule has 2 heteroatoms. The van der Waals surface area contributed by atoms with Crippen molar-refractivity contribution in [2.75, 3.05) is 26.2 Å². The molecule has 0 fully saturated rings. The van der Waals surface area contributed by atoms with Crippen LogP contribution in [-0.2, 0) is 0 Å². The van der Waals surface area contributed by atoms with Crippen LogP contribution in [0.1, 0.15) is 79.6 Å². The summed E-state index contributed by atoms with van der Waals surface area (Å²) in [4.78, 5) is 0. The zero-order valence-corrected chi connectivity index (χ0v) is 16.3. The molecule has 0 saturated heterocycles. The highest BCUT2D eigenvalue weighted by Crippen LogP contribution is 2.17. The lowest BCUT2D eigenvalue weighted by Crippen LogP contribution is -3.00. The van der Waals surface area contributed by atoms with Crippen molar-refractivity contribution in [3.05, 3.63) is 0 Å². The van der Waals surface area contributed by atoms with Crippen molar-refractivity contribution in [3.8, 4) is 0 Å². The maximum Gasteiger partial charge on any atom is 0.0789 e. The van der Waals surface area contributed by atoms with Gasteiger partial charge in [-0.25, -0.2) is 0 Å². The summed E-state index contributed by atoms with van der Waals surface area (Å²) in [6.45, 7) is 17.4. The van der Waals surface area contributed by atoms with E-state index < -0.39 is 0 Å². The van der Waals surface area contributed by atoms with Crippen molar-refractivity contribution in [3.63, 3.8) is 0 Å². The van der Waals surface area contributed by atoms with Gasteiger partial charge in [0.05, 0.1) is 26.2 Å². The average Bonchev–Trinajstić information content (AvgIpc) is 2.37. The van der Waals surface area contributed by atoms with Crippen LogP contribution >= 0.6 is 0 Å². The van der Waals surface area contributed by atoms with E-state index in [1.165, 1.54) is 75.6 Å². The molecule has 0 aromatic heterocycles. The third-order valence-electron chi connectivity index (χ3n) is 4.14. The van der Waals surface area contributed by atoms with Gasteiger partial charge in [0, 0.05) is 0 Å². The van der Waals surface area contributed by atoms with E-state index in [4.69, 9.17) is 0 Å². The molecule has 0 aromatic rings. The summed E-state index contributed by atoms with van der Waals surface area (Å²) >= 11 is 0. The molecule has 0 aliphatic rings. The summed E-state index contributed by atoms with van der Waals surface area (Å²) in [5.74, 6) is 0.854. The van der Waals surface area contributed by atoms with Gasteiger partial charge in [-0.05, 0) is 31.6 Å². The monoisotopic (exact) mass is 383 g/mol. The minimum atomic E-state index is 0. The Morgan fingerprint density at radius 2 is 1.05 bits per heavy atom. The summed E-state index contributed by atoms with van der Waals surface area (Å²) in [7, 11) is 0. The minimum absolute atomic E-state index is 0. The molecular formula is C17H38IN. The number of quaternary nitrogens is 1. The number of halogens is 1. The SMILES string of the molecule is CCCC[N+](CCCC)(CCCC)CCC(C)C.[I-]. The van der Waals surface area contributed by atoms with Crippen molar-refractivity contribution >= 4 is 0 Å². The Hall–Kier alpha value is 0.690. The van der Waals surface area contributed by atoms with Crippen molar-refractivity contribution in [2.24, 2.45) is 5.92 Å². The quantitative estimate of drug-likeness (QED) is 0.358. The molecule has 0 aromatic carbocycles. The Morgan fingerprint density at radius 1 is 0.684 bits per heavy atom. The van der Waals surface area contributed by atoms with Gasteiger partial charge in [-0.3, -0.25) is 0 Å². The zero-order chi connectivity index (χ0) is 13.9. The van der Waals surface area contributed by atoms with Crippen LogP contribution in [0.2, 0.25) is 0 Å². The van der Waals surface area contributed by atoms with E-state index in [-0.39, 0.29) is 24.0 Å². The molecule has 0 spiro atoms. The molecule has 1 nitrogen and oxygen atoms in total. The normalized spacial score (nSPS) is 11.7. The highest BCUT2D eigenvalue weighted by molar-refractivity contribution is 4.51. The van der Waals surface area contributed by atoms with Crippen LogP contribution in [-0.4, -0.2) is 30.7 Å². The van der Waals surface area contributed by atoms with Crippen LogP contribution in [0.25, 0.3) is 0 Å². The first-order chi connectivity index (χ1) is 8.60. The van der Waals surface area contributed by atoms with Crippen molar-refractivity contribution < 1.29 is 28.5 Å². The molecule has 0 unspecified atom stereocenters. The van der Waals surface area contributed by atoms with Gasteiger partial charge in [-0.15, -0.1) is 0 Å². The Kier molecular flexibility index (Phi) is 15.8. The predicted molar refractivity (Wildman–Crippen MR) is 83.9 cm³/mol. The molecule has 0 radical (unpaired) electrons. The summed E-state index contributed by atoms with van der Waals surface area (Å²) < 4.78 is 1.41. The van der Waals surface area contributed by atoms with E-state index in [1.54, 1.807) is 0 Å². The molecule has 0 aliphatic carbocycles. The summed E-state index contributed by atoms with van der Waals surface area (Å²) in [5.41, 5.74) is 0. The topological polar surface area (TPSA) is 0 Å². The molecule has 0 rings (SSSR count). The van der Waals surface area contributed by atoms with E-state index >= 15 is 0 Å². The van der Waals surface area contributed by atoms with Gasteiger partial charge < -0.3 is 28.5 Å².